The van der Waals surface area contributed by atoms with E-state index >= 15 is 0 Å². The zero-order valence-corrected chi connectivity index (χ0v) is 11.8. The average molecular weight is 281 g/mol. The standard InChI is InChI=1S/C17H15NO3/c1-10-16(17(19)11-3-5-12(18)6-4-11)14-8-7-13(20-2)9-15(14)21-10/h3-9H,18H2,1-2H3. The highest BCUT2D eigenvalue weighted by Gasteiger charge is 2.19. The Balaban J connectivity index is 2.13. The van der Waals surface area contributed by atoms with Gasteiger partial charge in [-0.1, -0.05) is 0 Å². The highest BCUT2D eigenvalue weighted by Crippen LogP contribution is 2.30. The van der Waals surface area contributed by atoms with Gasteiger partial charge < -0.3 is 14.9 Å². The fourth-order valence-electron chi connectivity index (χ4n) is 2.39. The third-order valence-corrected chi connectivity index (χ3v) is 3.47. The number of hydrogen-bond donors (Lipinski definition) is 1. The first-order valence-electron chi connectivity index (χ1n) is 6.57. The first kappa shape index (κ1) is 13.2. The van der Waals surface area contributed by atoms with Crippen molar-refractivity contribution in [2.24, 2.45) is 0 Å². The van der Waals surface area contributed by atoms with Crippen molar-refractivity contribution in [1.82, 2.24) is 0 Å². The lowest BCUT2D eigenvalue weighted by Crippen LogP contribution is -2.02. The molecule has 21 heavy (non-hydrogen) atoms. The summed E-state index contributed by atoms with van der Waals surface area (Å²) in [6.07, 6.45) is 0. The summed E-state index contributed by atoms with van der Waals surface area (Å²) in [7, 11) is 1.59. The molecule has 0 saturated carbocycles. The molecule has 0 saturated heterocycles. The Morgan fingerprint density at radius 1 is 1.14 bits per heavy atom. The minimum absolute atomic E-state index is 0.0728. The maximum atomic E-state index is 12.7. The third-order valence-electron chi connectivity index (χ3n) is 3.47. The molecule has 3 rings (SSSR count). The van der Waals surface area contributed by atoms with Gasteiger partial charge in [0, 0.05) is 22.7 Å². The van der Waals surface area contributed by atoms with Crippen molar-refractivity contribution in [3.8, 4) is 5.75 Å². The van der Waals surface area contributed by atoms with E-state index in [9.17, 15) is 4.79 Å². The van der Waals surface area contributed by atoms with Crippen molar-refractivity contribution in [2.75, 3.05) is 12.8 Å². The number of ketones is 1. The maximum Gasteiger partial charge on any atom is 0.197 e. The fourth-order valence-corrected chi connectivity index (χ4v) is 2.39. The smallest absolute Gasteiger partial charge is 0.197 e. The molecule has 1 aromatic heterocycles. The van der Waals surface area contributed by atoms with Crippen LogP contribution in [0, 0.1) is 6.92 Å². The Morgan fingerprint density at radius 3 is 2.52 bits per heavy atom. The molecule has 3 aromatic rings. The molecule has 4 heteroatoms. The van der Waals surface area contributed by atoms with E-state index in [1.165, 1.54) is 0 Å². The number of carbonyl (C=O) groups is 1. The molecular weight excluding hydrogens is 266 g/mol. The highest BCUT2D eigenvalue weighted by atomic mass is 16.5. The summed E-state index contributed by atoms with van der Waals surface area (Å²) >= 11 is 0. The van der Waals surface area contributed by atoms with Crippen molar-refractivity contribution in [2.45, 2.75) is 6.92 Å². The number of nitrogens with two attached hydrogens (primary N) is 1. The number of furan rings is 1. The van der Waals surface area contributed by atoms with Crippen LogP contribution in [0.3, 0.4) is 0 Å². The fraction of sp³-hybridized carbons (Fsp3) is 0.118. The van der Waals surface area contributed by atoms with Crippen LogP contribution >= 0.6 is 0 Å². The monoisotopic (exact) mass is 281 g/mol. The van der Waals surface area contributed by atoms with Crippen LogP contribution in [0.2, 0.25) is 0 Å². The van der Waals surface area contributed by atoms with Crippen LogP contribution in [-0.2, 0) is 0 Å². The van der Waals surface area contributed by atoms with Gasteiger partial charge in [-0.15, -0.1) is 0 Å². The normalized spacial score (nSPS) is 10.8. The van der Waals surface area contributed by atoms with Gasteiger partial charge >= 0.3 is 0 Å². The van der Waals surface area contributed by atoms with Crippen LogP contribution in [0.15, 0.2) is 46.9 Å². The predicted octanol–water partition coefficient (Wildman–Crippen LogP) is 3.56. The molecule has 4 nitrogen and oxygen atoms in total. The van der Waals surface area contributed by atoms with Crippen molar-refractivity contribution in [3.63, 3.8) is 0 Å². The molecule has 0 amide bonds. The molecule has 0 fully saturated rings. The summed E-state index contributed by atoms with van der Waals surface area (Å²) in [4.78, 5) is 12.7. The Hall–Kier alpha value is -2.75. The molecule has 2 aromatic carbocycles. The van der Waals surface area contributed by atoms with E-state index in [2.05, 4.69) is 0 Å². The number of aryl methyl sites for hydroxylation is 1. The van der Waals surface area contributed by atoms with Crippen LogP contribution in [0.1, 0.15) is 21.7 Å². The number of ether oxygens (including phenoxy) is 1. The van der Waals surface area contributed by atoms with Crippen LogP contribution in [0.5, 0.6) is 5.75 Å². The van der Waals surface area contributed by atoms with Crippen LogP contribution in [0.25, 0.3) is 11.0 Å². The van der Waals surface area contributed by atoms with Crippen molar-refractivity contribution in [3.05, 3.63) is 59.4 Å². The first-order valence-corrected chi connectivity index (χ1v) is 6.57. The number of benzene rings is 2. The molecule has 0 radical (unpaired) electrons. The van der Waals surface area contributed by atoms with E-state index in [1.54, 1.807) is 44.4 Å². The van der Waals surface area contributed by atoms with Gasteiger partial charge in [0.25, 0.3) is 0 Å². The van der Waals surface area contributed by atoms with E-state index in [-0.39, 0.29) is 5.78 Å². The topological polar surface area (TPSA) is 65.5 Å². The van der Waals surface area contributed by atoms with Crippen LogP contribution in [-0.4, -0.2) is 12.9 Å². The predicted molar refractivity (Wildman–Crippen MR) is 81.8 cm³/mol. The van der Waals surface area contributed by atoms with E-state index in [0.717, 1.165) is 5.39 Å². The Morgan fingerprint density at radius 2 is 1.86 bits per heavy atom. The number of carbonyl (C=O) groups excluding carboxylic acids is 1. The number of rotatable bonds is 3. The lowest BCUT2D eigenvalue weighted by molar-refractivity contribution is 0.103. The SMILES string of the molecule is COc1ccc2c(C(=O)c3ccc(N)cc3)c(C)oc2c1. The van der Waals surface area contributed by atoms with Gasteiger partial charge in [0.2, 0.25) is 0 Å². The average Bonchev–Trinajstić information content (AvgIpc) is 2.82. The second-order valence-corrected chi connectivity index (χ2v) is 4.85. The summed E-state index contributed by atoms with van der Waals surface area (Å²) in [5, 5.41) is 0.787. The van der Waals surface area contributed by atoms with Gasteiger partial charge in [-0.25, -0.2) is 0 Å². The number of anilines is 1. The minimum atomic E-state index is -0.0728. The lowest BCUT2D eigenvalue weighted by atomic mass is 10.0. The molecular formula is C17H15NO3. The van der Waals surface area contributed by atoms with Crippen LogP contribution in [0.4, 0.5) is 5.69 Å². The molecule has 0 aliphatic carbocycles. The van der Waals surface area contributed by atoms with Crippen molar-refractivity contribution < 1.29 is 13.9 Å². The molecule has 0 unspecified atom stereocenters. The lowest BCUT2D eigenvalue weighted by Gasteiger charge is -2.02. The molecule has 0 aliphatic heterocycles. The Kier molecular flexibility index (Phi) is 3.14. The number of hydrogen-bond acceptors (Lipinski definition) is 4. The summed E-state index contributed by atoms with van der Waals surface area (Å²) in [5.41, 5.74) is 8.10. The number of methoxy groups -OCH3 is 1. The van der Waals surface area contributed by atoms with Gasteiger partial charge in [0.05, 0.1) is 12.7 Å². The molecule has 0 atom stereocenters. The second kappa shape index (κ2) is 4.98. The minimum Gasteiger partial charge on any atom is -0.497 e. The van der Waals surface area contributed by atoms with Crippen LogP contribution < -0.4 is 10.5 Å². The van der Waals surface area contributed by atoms with E-state index in [4.69, 9.17) is 14.9 Å². The first-order chi connectivity index (χ1) is 10.1. The Bertz CT molecular complexity index is 816. The molecule has 1 heterocycles. The molecule has 0 aliphatic rings. The zero-order valence-electron chi connectivity index (χ0n) is 11.8. The van der Waals surface area contributed by atoms with Gasteiger partial charge in [0.15, 0.2) is 5.78 Å². The molecule has 0 bridgehead atoms. The van der Waals surface area contributed by atoms with Crippen molar-refractivity contribution >= 4 is 22.4 Å². The highest BCUT2D eigenvalue weighted by molar-refractivity contribution is 6.17. The molecule has 0 spiro atoms. The number of nitrogen functional groups attached to an aromatic ring is 1. The summed E-state index contributed by atoms with van der Waals surface area (Å²) in [6, 6.07) is 12.3. The van der Waals surface area contributed by atoms with E-state index in [1.807, 2.05) is 12.1 Å². The number of fused-ring (bicyclic) bond motifs is 1. The van der Waals surface area contributed by atoms with Gasteiger partial charge in [-0.05, 0) is 43.3 Å². The molecule has 2 N–H and O–H groups in total. The third kappa shape index (κ3) is 2.25. The molecule has 106 valence electrons. The second-order valence-electron chi connectivity index (χ2n) is 4.85. The zero-order chi connectivity index (χ0) is 15.0. The van der Waals surface area contributed by atoms with Crippen molar-refractivity contribution in [1.29, 1.82) is 0 Å². The Labute approximate surface area is 122 Å². The quantitative estimate of drug-likeness (QED) is 0.589. The maximum absolute atomic E-state index is 12.7. The summed E-state index contributed by atoms with van der Waals surface area (Å²) < 4.78 is 10.9. The largest absolute Gasteiger partial charge is 0.497 e. The van der Waals surface area contributed by atoms with Gasteiger partial charge in [-0.2, -0.15) is 0 Å². The van der Waals surface area contributed by atoms with Gasteiger partial charge in [0.1, 0.15) is 17.1 Å². The van der Waals surface area contributed by atoms with Gasteiger partial charge in [-0.3, -0.25) is 4.79 Å². The van der Waals surface area contributed by atoms with E-state index in [0.29, 0.717) is 33.9 Å². The van der Waals surface area contributed by atoms with E-state index < -0.39 is 0 Å². The summed E-state index contributed by atoms with van der Waals surface area (Å²) in [6.45, 7) is 1.79. The summed E-state index contributed by atoms with van der Waals surface area (Å²) in [5.74, 6) is 1.22.